The summed E-state index contributed by atoms with van der Waals surface area (Å²) >= 11 is 0. The monoisotopic (exact) mass is 327 g/mol. The summed E-state index contributed by atoms with van der Waals surface area (Å²) in [7, 11) is 0. The number of carbonyl (C=O) groups is 2. The molecule has 24 heavy (non-hydrogen) atoms. The Morgan fingerprint density at radius 3 is 2.29 bits per heavy atom. The molecular formula is C19H21NO4. The number of aliphatic hydroxyl groups excluding tert-OH is 2. The smallest absolute Gasteiger partial charge is 0.216 e. The highest BCUT2D eigenvalue weighted by Gasteiger charge is 2.23. The van der Waals surface area contributed by atoms with Crippen molar-refractivity contribution in [3.8, 4) is 0 Å². The van der Waals surface area contributed by atoms with Crippen LogP contribution in [0.15, 0.2) is 54.6 Å². The maximum atomic E-state index is 12.6. The first kappa shape index (κ1) is 17.8. The van der Waals surface area contributed by atoms with E-state index in [1.54, 1.807) is 48.5 Å². The number of benzene rings is 2. The second-order valence-electron chi connectivity index (χ2n) is 5.57. The molecule has 0 saturated carbocycles. The molecule has 0 bridgehead atoms. The lowest BCUT2D eigenvalue weighted by molar-refractivity contribution is -0.119. The average molecular weight is 327 g/mol. The third kappa shape index (κ3) is 4.50. The van der Waals surface area contributed by atoms with Gasteiger partial charge in [0.15, 0.2) is 5.78 Å². The van der Waals surface area contributed by atoms with E-state index in [1.165, 1.54) is 6.92 Å². The van der Waals surface area contributed by atoms with Gasteiger partial charge >= 0.3 is 0 Å². The molecule has 5 heteroatoms. The molecule has 0 aliphatic rings. The molecule has 2 aromatic carbocycles. The Hall–Kier alpha value is -2.50. The standard InChI is InChI=1S/C19H21NO4/c1-13(21)20-12-11-17(22)19(24)16-10-6-5-9-15(16)18(23)14-7-3-2-4-8-14/h2-10,17,19,22,24H,11-12H2,1H3,(H,20,21). The van der Waals surface area contributed by atoms with Crippen LogP contribution in [0.4, 0.5) is 0 Å². The molecule has 2 unspecified atom stereocenters. The van der Waals surface area contributed by atoms with Crippen LogP contribution in [-0.2, 0) is 4.79 Å². The van der Waals surface area contributed by atoms with Gasteiger partial charge in [-0.3, -0.25) is 9.59 Å². The van der Waals surface area contributed by atoms with Crippen LogP contribution >= 0.6 is 0 Å². The second-order valence-corrected chi connectivity index (χ2v) is 5.57. The summed E-state index contributed by atoms with van der Waals surface area (Å²) in [6, 6.07) is 15.5. The van der Waals surface area contributed by atoms with Gasteiger partial charge in [0.05, 0.1) is 6.10 Å². The van der Waals surface area contributed by atoms with Crippen molar-refractivity contribution < 1.29 is 19.8 Å². The molecule has 2 aromatic rings. The van der Waals surface area contributed by atoms with Crippen molar-refractivity contribution in [3.05, 3.63) is 71.3 Å². The van der Waals surface area contributed by atoms with Gasteiger partial charge in [-0.15, -0.1) is 0 Å². The summed E-state index contributed by atoms with van der Waals surface area (Å²) in [6.45, 7) is 1.64. The molecule has 1 amide bonds. The molecule has 126 valence electrons. The van der Waals surface area contributed by atoms with E-state index < -0.39 is 12.2 Å². The summed E-state index contributed by atoms with van der Waals surface area (Å²) in [5, 5.41) is 23.1. The van der Waals surface area contributed by atoms with E-state index in [0.717, 1.165) is 0 Å². The predicted molar refractivity (Wildman–Crippen MR) is 90.6 cm³/mol. The molecular weight excluding hydrogens is 306 g/mol. The van der Waals surface area contributed by atoms with Gasteiger partial charge in [0.1, 0.15) is 6.10 Å². The van der Waals surface area contributed by atoms with E-state index in [2.05, 4.69) is 5.32 Å². The minimum Gasteiger partial charge on any atom is -0.390 e. The van der Waals surface area contributed by atoms with Crippen LogP contribution in [0.25, 0.3) is 0 Å². The fraction of sp³-hybridized carbons (Fsp3) is 0.263. The Balaban J connectivity index is 2.18. The third-order valence-corrected chi connectivity index (χ3v) is 3.74. The Morgan fingerprint density at radius 1 is 1.00 bits per heavy atom. The zero-order valence-corrected chi connectivity index (χ0v) is 13.5. The van der Waals surface area contributed by atoms with Gasteiger partial charge in [0.25, 0.3) is 0 Å². The van der Waals surface area contributed by atoms with Gasteiger partial charge < -0.3 is 15.5 Å². The number of hydrogen-bond donors (Lipinski definition) is 3. The molecule has 2 atom stereocenters. The minimum atomic E-state index is -1.21. The first-order valence-corrected chi connectivity index (χ1v) is 7.80. The van der Waals surface area contributed by atoms with Crippen LogP contribution in [0.2, 0.25) is 0 Å². The highest BCUT2D eigenvalue weighted by molar-refractivity contribution is 6.09. The van der Waals surface area contributed by atoms with Crippen LogP contribution in [0.1, 0.15) is 40.9 Å². The van der Waals surface area contributed by atoms with Crippen LogP contribution < -0.4 is 5.32 Å². The van der Waals surface area contributed by atoms with E-state index in [4.69, 9.17) is 0 Å². The highest BCUT2D eigenvalue weighted by Crippen LogP contribution is 2.24. The molecule has 3 N–H and O–H groups in total. The molecule has 0 heterocycles. The summed E-state index contributed by atoms with van der Waals surface area (Å²) in [4.78, 5) is 23.5. The van der Waals surface area contributed by atoms with E-state index in [9.17, 15) is 19.8 Å². The molecule has 0 spiro atoms. The molecule has 5 nitrogen and oxygen atoms in total. The number of amides is 1. The Morgan fingerprint density at radius 2 is 1.62 bits per heavy atom. The molecule has 0 fully saturated rings. The van der Waals surface area contributed by atoms with Crippen LogP contribution in [0.5, 0.6) is 0 Å². The number of carbonyl (C=O) groups excluding carboxylic acids is 2. The fourth-order valence-electron chi connectivity index (χ4n) is 2.47. The van der Waals surface area contributed by atoms with Gasteiger partial charge in [-0.2, -0.15) is 0 Å². The number of aliphatic hydroxyl groups is 2. The van der Waals surface area contributed by atoms with E-state index in [1.807, 2.05) is 6.07 Å². The number of rotatable bonds is 7. The van der Waals surface area contributed by atoms with Crippen molar-refractivity contribution in [1.29, 1.82) is 0 Å². The van der Waals surface area contributed by atoms with Crippen LogP contribution in [0.3, 0.4) is 0 Å². The van der Waals surface area contributed by atoms with Gasteiger partial charge in [-0.1, -0.05) is 54.6 Å². The van der Waals surface area contributed by atoms with Crippen LogP contribution in [-0.4, -0.2) is 34.6 Å². The predicted octanol–water partition coefficient (Wildman–Crippen LogP) is 1.84. The van der Waals surface area contributed by atoms with E-state index >= 15 is 0 Å². The molecule has 0 aliphatic carbocycles. The van der Waals surface area contributed by atoms with Crippen molar-refractivity contribution >= 4 is 11.7 Å². The number of hydrogen-bond acceptors (Lipinski definition) is 4. The first-order chi connectivity index (χ1) is 11.5. The SMILES string of the molecule is CC(=O)NCCC(O)C(O)c1ccccc1C(=O)c1ccccc1. The zero-order valence-electron chi connectivity index (χ0n) is 13.5. The molecule has 0 aromatic heterocycles. The molecule has 2 rings (SSSR count). The summed E-state index contributed by atoms with van der Waals surface area (Å²) in [6.07, 6.45) is -2.10. The van der Waals surface area contributed by atoms with Crippen molar-refractivity contribution in [1.82, 2.24) is 5.32 Å². The highest BCUT2D eigenvalue weighted by atomic mass is 16.3. The lowest BCUT2D eigenvalue weighted by Gasteiger charge is -2.20. The van der Waals surface area contributed by atoms with E-state index in [-0.39, 0.29) is 24.7 Å². The Kier molecular flexibility index (Phi) is 6.23. The molecule has 0 saturated heterocycles. The third-order valence-electron chi connectivity index (χ3n) is 3.74. The van der Waals surface area contributed by atoms with Crippen molar-refractivity contribution in [2.24, 2.45) is 0 Å². The Labute approximate surface area is 141 Å². The average Bonchev–Trinajstić information content (AvgIpc) is 2.60. The zero-order chi connectivity index (χ0) is 17.5. The lowest BCUT2D eigenvalue weighted by atomic mass is 9.92. The summed E-state index contributed by atoms with van der Waals surface area (Å²) < 4.78 is 0. The maximum Gasteiger partial charge on any atom is 0.216 e. The summed E-state index contributed by atoms with van der Waals surface area (Å²) in [5.41, 5.74) is 1.25. The van der Waals surface area contributed by atoms with E-state index in [0.29, 0.717) is 16.7 Å². The minimum absolute atomic E-state index is 0.189. The normalized spacial score (nSPS) is 13.1. The quantitative estimate of drug-likeness (QED) is 0.677. The second kappa shape index (κ2) is 8.38. The Bertz CT molecular complexity index is 700. The van der Waals surface area contributed by atoms with Gasteiger partial charge in [-0.05, 0) is 12.0 Å². The van der Waals surface area contributed by atoms with Gasteiger partial charge in [0, 0.05) is 24.6 Å². The topological polar surface area (TPSA) is 86.6 Å². The number of nitrogens with one attached hydrogen (secondary N) is 1. The maximum absolute atomic E-state index is 12.6. The van der Waals surface area contributed by atoms with Crippen molar-refractivity contribution in [2.75, 3.05) is 6.54 Å². The first-order valence-electron chi connectivity index (χ1n) is 7.80. The van der Waals surface area contributed by atoms with Gasteiger partial charge in [0.2, 0.25) is 5.91 Å². The molecule has 0 radical (unpaired) electrons. The van der Waals surface area contributed by atoms with Gasteiger partial charge in [-0.25, -0.2) is 0 Å². The number of ketones is 1. The molecule has 0 aliphatic heterocycles. The fourth-order valence-corrected chi connectivity index (χ4v) is 2.47. The largest absolute Gasteiger partial charge is 0.390 e. The van der Waals surface area contributed by atoms with Crippen molar-refractivity contribution in [3.63, 3.8) is 0 Å². The van der Waals surface area contributed by atoms with Crippen LogP contribution in [0, 0.1) is 0 Å². The van der Waals surface area contributed by atoms with Crippen molar-refractivity contribution in [2.45, 2.75) is 25.6 Å². The summed E-state index contributed by atoms with van der Waals surface area (Å²) in [5.74, 6) is -0.407. The lowest BCUT2D eigenvalue weighted by Crippen LogP contribution is -2.28.